The van der Waals surface area contributed by atoms with E-state index >= 15 is 0 Å². The molecule has 1 fully saturated rings. The minimum Gasteiger partial charge on any atom is -0.463 e. The van der Waals surface area contributed by atoms with E-state index < -0.39 is 59.5 Å². The van der Waals surface area contributed by atoms with E-state index in [4.69, 9.17) is 18.9 Å². The molecule has 2 aliphatic rings. The highest BCUT2D eigenvalue weighted by Crippen LogP contribution is 2.39. The van der Waals surface area contributed by atoms with Crippen molar-refractivity contribution in [2.45, 2.75) is 56.3 Å². The van der Waals surface area contributed by atoms with Gasteiger partial charge in [0.2, 0.25) is 0 Å². The fourth-order valence-electron chi connectivity index (χ4n) is 4.53. The van der Waals surface area contributed by atoms with E-state index in [1.807, 2.05) is 30.3 Å². The number of imide groups is 1. The molecule has 2 aliphatic heterocycles. The summed E-state index contributed by atoms with van der Waals surface area (Å²) in [5, 5.41) is 0. The first-order chi connectivity index (χ1) is 18.2. The Kier molecular flexibility index (Phi) is 8.48. The molecule has 4 rings (SSSR count). The van der Waals surface area contributed by atoms with Crippen molar-refractivity contribution >= 4 is 41.5 Å². The Balaban J connectivity index is 1.77. The van der Waals surface area contributed by atoms with Crippen LogP contribution in [-0.2, 0) is 39.1 Å². The van der Waals surface area contributed by atoms with E-state index in [0.717, 1.165) is 10.5 Å². The largest absolute Gasteiger partial charge is 0.463 e. The van der Waals surface area contributed by atoms with Gasteiger partial charge in [-0.05, 0) is 17.7 Å². The van der Waals surface area contributed by atoms with E-state index in [0.29, 0.717) is 5.75 Å². The van der Waals surface area contributed by atoms with Crippen LogP contribution in [0.1, 0.15) is 47.1 Å². The quantitative estimate of drug-likeness (QED) is 0.280. The van der Waals surface area contributed by atoms with Crippen molar-refractivity contribution in [3.05, 3.63) is 71.3 Å². The number of carbonyl (C=O) groups is 5. The predicted octanol–water partition coefficient (Wildman–Crippen LogP) is 2.74. The molecule has 0 spiro atoms. The van der Waals surface area contributed by atoms with E-state index in [1.165, 1.54) is 32.5 Å². The van der Waals surface area contributed by atoms with Crippen molar-refractivity contribution in [2.24, 2.45) is 0 Å². The van der Waals surface area contributed by atoms with Crippen LogP contribution in [0, 0.1) is 0 Å². The summed E-state index contributed by atoms with van der Waals surface area (Å²) in [5.74, 6) is -2.75. The zero-order valence-electron chi connectivity index (χ0n) is 21.0. The summed E-state index contributed by atoms with van der Waals surface area (Å²) in [6.07, 6.45) is -3.59. The van der Waals surface area contributed by atoms with Gasteiger partial charge in [-0.15, -0.1) is 11.8 Å². The van der Waals surface area contributed by atoms with Gasteiger partial charge in [0, 0.05) is 26.5 Å². The lowest BCUT2D eigenvalue weighted by Crippen LogP contribution is -2.66. The molecule has 0 bridgehead atoms. The molecule has 0 saturated carbocycles. The second kappa shape index (κ2) is 11.8. The smallest absolute Gasteiger partial charge is 0.303 e. The first kappa shape index (κ1) is 27.3. The first-order valence-corrected chi connectivity index (χ1v) is 13.0. The lowest BCUT2D eigenvalue weighted by molar-refractivity contribution is -0.216. The predicted molar refractivity (Wildman–Crippen MR) is 135 cm³/mol. The number of thioether (sulfide) groups is 1. The summed E-state index contributed by atoms with van der Waals surface area (Å²) in [6, 6.07) is 14.7. The van der Waals surface area contributed by atoms with Crippen LogP contribution in [0.2, 0.25) is 0 Å². The average molecular weight is 542 g/mol. The zero-order valence-corrected chi connectivity index (χ0v) is 21.8. The maximum atomic E-state index is 13.5. The Bertz CT molecular complexity index is 1200. The summed E-state index contributed by atoms with van der Waals surface area (Å²) in [5.41, 5.74) is 0.438. The maximum Gasteiger partial charge on any atom is 0.303 e. The summed E-state index contributed by atoms with van der Waals surface area (Å²) < 4.78 is 22.6. The molecule has 2 amide bonds. The Hall–Kier alpha value is -3.70. The molecule has 0 unspecified atom stereocenters. The van der Waals surface area contributed by atoms with Crippen LogP contribution in [0.25, 0.3) is 0 Å². The number of hydrogen-bond acceptors (Lipinski definition) is 10. The molecule has 2 aromatic carbocycles. The van der Waals surface area contributed by atoms with Gasteiger partial charge in [-0.1, -0.05) is 42.5 Å². The van der Waals surface area contributed by atoms with Crippen molar-refractivity contribution in [3.8, 4) is 0 Å². The lowest BCUT2D eigenvalue weighted by Gasteiger charge is -2.47. The third-order valence-electron chi connectivity index (χ3n) is 6.05. The van der Waals surface area contributed by atoms with Crippen LogP contribution >= 0.6 is 11.8 Å². The number of nitrogens with zero attached hydrogens (tertiary/aromatic N) is 1. The number of rotatable bonds is 8. The van der Waals surface area contributed by atoms with Gasteiger partial charge in [0.25, 0.3) is 11.8 Å². The van der Waals surface area contributed by atoms with Gasteiger partial charge in [0.15, 0.2) is 12.2 Å². The van der Waals surface area contributed by atoms with Crippen molar-refractivity contribution in [1.82, 2.24) is 4.90 Å². The van der Waals surface area contributed by atoms with Crippen molar-refractivity contribution in [2.75, 3.05) is 6.61 Å². The van der Waals surface area contributed by atoms with Gasteiger partial charge in [0.05, 0.1) is 11.1 Å². The van der Waals surface area contributed by atoms with Crippen LogP contribution in [0.5, 0.6) is 0 Å². The molecule has 5 atom stereocenters. The molecule has 0 radical (unpaired) electrons. The fraction of sp³-hybridized carbons (Fsp3) is 0.370. The molecule has 1 saturated heterocycles. The van der Waals surface area contributed by atoms with Gasteiger partial charge in [-0.2, -0.15) is 0 Å². The molecule has 0 N–H and O–H groups in total. The van der Waals surface area contributed by atoms with E-state index in [1.54, 1.807) is 24.3 Å². The summed E-state index contributed by atoms with van der Waals surface area (Å²) in [7, 11) is 0. The van der Waals surface area contributed by atoms with Crippen LogP contribution in [0.4, 0.5) is 0 Å². The van der Waals surface area contributed by atoms with Crippen molar-refractivity contribution in [3.63, 3.8) is 0 Å². The minimum absolute atomic E-state index is 0.206. The number of amides is 2. The highest BCUT2D eigenvalue weighted by atomic mass is 32.2. The Labute approximate surface area is 223 Å². The van der Waals surface area contributed by atoms with Gasteiger partial charge in [-0.3, -0.25) is 28.9 Å². The molecule has 38 heavy (non-hydrogen) atoms. The molecule has 11 heteroatoms. The minimum atomic E-state index is -1.29. The van der Waals surface area contributed by atoms with E-state index in [9.17, 15) is 24.0 Å². The highest BCUT2D eigenvalue weighted by molar-refractivity contribution is 7.99. The van der Waals surface area contributed by atoms with Crippen molar-refractivity contribution < 1.29 is 42.9 Å². The van der Waals surface area contributed by atoms with Crippen LogP contribution in [-0.4, -0.2) is 71.0 Å². The topological polar surface area (TPSA) is 126 Å². The van der Waals surface area contributed by atoms with Crippen LogP contribution in [0.3, 0.4) is 0 Å². The molecule has 0 aliphatic carbocycles. The molecule has 200 valence electrons. The zero-order chi connectivity index (χ0) is 27.4. The van der Waals surface area contributed by atoms with Gasteiger partial charge in [-0.25, -0.2) is 0 Å². The number of hydrogen-bond donors (Lipinski definition) is 0. The average Bonchev–Trinajstić information content (AvgIpc) is 3.13. The number of carbonyl (C=O) groups excluding carboxylic acids is 5. The van der Waals surface area contributed by atoms with E-state index in [-0.39, 0.29) is 17.7 Å². The summed E-state index contributed by atoms with van der Waals surface area (Å²) in [4.78, 5) is 63.9. The Morgan fingerprint density at radius 1 is 0.816 bits per heavy atom. The Morgan fingerprint density at radius 2 is 1.37 bits per heavy atom. The molecule has 10 nitrogen and oxygen atoms in total. The van der Waals surface area contributed by atoms with Crippen molar-refractivity contribution in [1.29, 1.82) is 0 Å². The van der Waals surface area contributed by atoms with E-state index in [2.05, 4.69) is 0 Å². The fourth-order valence-corrected chi connectivity index (χ4v) is 5.77. The van der Waals surface area contributed by atoms with Crippen LogP contribution < -0.4 is 0 Å². The number of fused-ring (bicyclic) bond motifs is 1. The van der Waals surface area contributed by atoms with Crippen LogP contribution in [0.15, 0.2) is 54.6 Å². The molecular formula is C27H27NO9S. The Morgan fingerprint density at radius 3 is 1.92 bits per heavy atom. The highest BCUT2D eigenvalue weighted by Gasteiger charge is 2.56. The monoisotopic (exact) mass is 541 g/mol. The number of benzene rings is 2. The SMILES string of the molecule is CC(=O)OC[C@H]1O[C@@H](SCc2ccccc2)[C@H](N2C(=O)c3ccccc3C2=O)[C@@H](OC(C)=O)[C@@H]1OC(C)=O. The number of esters is 3. The molecular weight excluding hydrogens is 514 g/mol. The lowest BCUT2D eigenvalue weighted by atomic mass is 9.96. The molecule has 2 heterocycles. The second-order valence-corrected chi connectivity index (χ2v) is 9.89. The van der Waals surface area contributed by atoms with Gasteiger partial charge < -0.3 is 18.9 Å². The molecule has 0 aromatic heterocycles. The molecule has 2 aromatic rings. The normalized spacial score (nSPS) is 24.5. The second-order valence-electron chi connectivity index (χ2n) is 8.81. The first-order valence-electron chi connectivity index (χ1n) is 11.9. The van der Waals surface area contributed by atoms with Gasteiger partial charge >= 0.3 is 17.9 Å². The maximum absolute atomic E-state index is 13.5. The van der Waals surface area contributed by atoms with Gasteiger partial charge in [0.1, 0.15) is 24.2 Å². The third kappa shape index (κ3) is 5.89. The summed E-state index contributed by atoms with van der Waals surface area (Å²) >= 11 is 1.28. The third-order valence-corrected chi connectivity index (χ3v) is 7.27. The number of ether oxygens (including phenoxy) is 4. The standard InChI is InChI=1S/C27H27NO9S/c1-15(29)34-13-21-23(35-16(2)30)24(36-17(3)31)22(27(37-21)38-14-18-9-5-4-6-10-18)28-25(32)19-11-7-8-12-20(19)26(28)33/h4-12,21-24,27H,13-14H2,1-3H3/t21-,22-,23-,24-,27+/m1/s1. The summed E-state index contributed by atoms with van der Waals surface area (Å²) in [6.45, 7) is 3.26.